The number of hydrogen-bond acceptors (Lipinski definition) is 8. The molecule has 1 aliphatic heterocycles. The largest absolute Gasteiger partial charge is 0.501 e. The first-order valence-electron chi connectivity index (χ1n) is 10.8. The number of aliphatic imine (C=N–C) groups is 1. The zero-order valence-electron chi connectivity index (χ0n) is 18.7. The Morgan fingerprint density at radius 3 is 2.77 bits per heavy atom. The van der Waals surface area contributed by atoms with Gasteiger partial charge < -0.3 is 19.5 Å². The van der Waals surface area contributed by atoms with Gasteiger partial charge in [-0.2, -0.15) is 0 Å². The molecule has 0 radical (unpaired) electrons. The average Bonchev–Trinajstić information content (AvgIpc) is 2.77. The molecule has 0 bridgehead atoms. The molecule has 1 aliphatic carbocycles. The number of nitrogens with one attached hydrogen (secondary N) is 1. The Balaban J connectivity index is 1.62. The Kier molecular flexibility index (Phi) is 8.40. The molecule has 1 aromatic heterocycles. The summed E-state index contributed by atoms with van der Waals surface area (Å²) in [5.41, 5.74) is 2.12. The number of rotatable bonds is 11. The molecule has 2 heterocycles. The Morgan fingerprint density at radius 2 is 2.03 bits per heavy atom. The summed E-state index contributed by atoms with van der Waals surface area (Å²) in [6, 6.07) is 0.0315. The van der Waals surface area contributed by atoms with Gasteiger partial charge in [0.1, 0.15) is 19.0 Å². The fourth-order valence-corrected chi connectivity index (χ4v) is 3.49. The smallest absolute Gasteiger partial charge is 0.186 e. The van der Waals surface area contributed by atoms with Crippen LogP contribution in [0.3, 0.4) is 0 Å². The normalized spacial score (nSPS) is 17.8. The van der Waals surface area contributed by atoms with Gasteiger partial charge in [0.2, 0.25) is 0 Å². The third-order valence-electron chi connectivity index (χ3n) is 5.09. The van der Waals surface area contributed by atoms with Crippen LogP contribution in [0.1, 0.15) is 40.0 Å². The number of nitrogens with zero attached hydrogens (tertiary/aromatic N) is 3. The summed E-state index contributed by atoms with van der Waals surface area (Å²) in [4.78, 5) is 13.4. The number of aromatic nitrogens is 2. The lowest BCUT2D eigenvalue weighted by Gasteiger charge is -2.28. The highest BCUT2D eigenvalue weighted by Gasteiger charge is 2.28. The van der Waals surface area contributed by atoms with Crippen molar-refractivity contribution < 1.29 is 14.2 Å². The Labute approximate surface area is 190 Å². The Morgan fingerprint density at radius 1 is 1.23 bits per heavy atom. The van der Waals surface area contributed by atoms with Crippen molar-refractivity contribution in [1.82, 2.24) is 9.97 Å². The number of allylic oxidation sites excluding steroid dienone is 3. The van der Waals surface area contributed by atoms with E-state index in [9.17, 15) is 0 Å². The summed E-state index contributed by atoms with van der Waals surface area (Å²) in [5.74, 6) is 3.36. The summed E-state index contributed by atoms with van der Waals surface area (Å²) in [6.07, 6.45) is 10.6. The molecule has 0 spiro atoms. The molecule has 3 rings (SSSR count). The summed E-state index contributed by atoms with van der Waals surface area (Å²) >= 11 is 4.23. The molecule has 0 saturated heterocycles. The van der Waals surface area contributed by atoms with Gasteiger partial charge in [0.05, 0.1) is 25.1 Å². The van der Waals surface area contributed by atoms with Gasteiger partial charge in [0.15, 0.2) is 16.7 Å². The maximum absolute atomic E-state index is 6.13. The Hall–Kier alpha value is -2.48. The fourth-order valence-electron chi connectivity index (χ4n) is 3.33. The van der Waals surface area contributed by atoms with Gasteiger partial charge in [0, 0.05) is 30.3 Å². The van der Waals surface area contributed by atoms with Crippen molar-refractivity contribution in [2.24, 2.45) is 10.9 Å². The van der Waals surface area contributed by atoms with Gasteiger partial charge in [-0.15, -0.1) is 12.6 Å². The SMILES string of the molecule is CCCCNc1nc(S)ncc1OCCOC1=CC(C(C)C)=NC2CC(OC)=CC=C12. The van der Waals surface area contributed by atoms with Crippen LogP contribution in [0.25, 0.3) is 0 Å². The highest BCUT2D eigenvalue weighted by atomic mass is 32.1. The van der Waals surface area contributed by atoms with E-state index in [0.29, 0.717) is 35.9 Å². The van der Waals surface area contributed by atoms with Crippen LogP contribution in [0, 0.1) is 5.92 Å². The lowest BCUT2D eigenvalue weighted by molar-refractivity contribution is 0.158. The number of thiol groups is 1. The Bertz CT molecular complexity index is 893. The monoisotopic (exact) mass is 444 g/mol. The second-order valence-corrected chi connectivity index (χ2v) is 8.16. The molecular formula is C23H32N4O3S. The molecule has 0 saturated carbocycles. The topological polar surface area (TPSA) is 77.9 Å². The number of ether oxygens (including phenoxy) is 3. The molecule has 0 amide bonds. The van der Waals surface area contributed by atoms with Crippen molar-refractivity contribution in [3.05, 3.63) is 41.5 Å². The second-order valence-electron chi connectivity index (χ2n) is 7.76. The molecule has 0 aromatic carbocycles. The van der Waals surface area contributed by atoms with E-state index in [1.165, 1.54) is 0 Å². The number of unbranched alkanes of at least 4 members (excludes halogenated alkanes) is 1. The van der Waals surface area contributed by atoms with E-state index in [2.05, 4.69) is 48.7 Å². The number of methoxy groups -OCH3 is 1. The van der Waals surface area contributed by atoms with Crippen LogP contribution in [0.4, 0.5) is 5.82 Å². The lowest BCUT2D eigenvalue weighted by Crippen LogP contribution is -2.25. The van der Waals surface area contributed by atoms with Gasteiger partial charge in [-0.05, 0) is 24.5 Å². The maximum atomic E-state index is 6.13. The molecule has 2 aliphatic rings. The molecule has 31 heavy (non-hydrogen) atoms. The van der Waals surface area contributed by atoms with Crippen LogP contribution in [-0.2, 0) is 9.47 Å². The summed E-state index contributed by atoms with van der Waals surface area (Å²) in [5, 5.41) is 3.70. The third kappa shape index (κ3) is 6.26. The van der Waals surface area contributed by atoms with Gasteiger partial charge >= 0.3 is 0 Å². The molecule has 1 N–H and O–H groups in total. The number of fused-ring (bicyclic) bond motifs is 1. The molecule has 1 unspecified atom stereocenters. The van der Waals surface area contributed by atoms with Gasteiger partial charge in [-0.3, -0.25) is 4.99 Å². The molecule has 1 atom stereocenters. The lowest BCUT2D eigenvalue weighted by atomic mass is 9.91. The van der Waals surface area contributed by atoms with E-state index in [-0.39, 0.29) is 6.04 Å². The van der Waals surface area contributed by atoms with Crippen LogP contribution in [0.2, 0.25) is 0 Å². The highest BCUT2D eigenvalue weighted by Crippen LogP contribution is 2.32. The summed E-state index contributed by atoms with van der Waals surface area (Å²) in [7, 11) is 1.69. The quantitative estimate of drug-likeness (QED) is 0.295. The molecule has 7 nitrogen and oxygen atoms in total. The minimum atomic E-state index is 0.0315. The molecule has 1 aromatic rings. The van der Waals surface area contributed by atoms with Crippen LogP contribution in [0.15, 0.2) is 51.7 Å². The van der Waals surface area contributed by atoms with E-state index >= 15 is 0 Å². The van der Waals surface area contributed by atoms with Crippen LogP contribution < -0.4 is 10.1 Å². The first-order valence-corrected chi connectivity index (χ1v) is 11.3. The zero-order chi connectivity index (χ0) is 22.2. The van der Waals surface area contributed by atoms with Crippen molar-refractivity contribution in [2.45, 2.75) is 51.2 Å². The van der Waals surface area contributed by atoms with Crippen LogP contribution >= 0.6 is 12.6 Å². The van der Waals surface area contributed by atoms with Crippen LogP contribution in [0.5, 0.6) is 5.75 Å². The van der Waals surface area contributed by atoms with E-state index in [1.807, 2.05) is 18.2 Å². The minimum Gasteiger partial charge on any atom is -0.501 e. The molecule has 8 heteroatoms. The third-order valence-corrected chi connectivity index (χ3v) is 5.30. The second kappa shape index (κ2) is 11.2. The number of hydrogen-bond donors (Lipinski definition) is 2. The van der Waals surface area contributed by atoms with Crippen molar-refractivity contribution in [3.63, 3.8) is 0 Å². The average molecular weight is 445 g/mol. The summed E-state index contributed by atoms with van der Waals surface area (Å²) in [6.45, 7) is 8.02. The van der Waals surface area contributed by atoms with Crippen LogP contribution in [-0.4, -0.2) is 48.6 Å². The maximum Gasteiger partial charge on any atom is 0.186 e. The van der Waals surface area contributed by atoms with E-state index in [1.54, 1.807) is 13.3 Å². The van der Waals surface area contributed by atoms with Crippen molar-refractivity contribution in [3.8, 4) is 5.75 Å². The summed E-state index contributed by atoms with van der Waals surface area (Å²) < 4.78 is 17.4. The molecule has 0 fully saturated rings. The fraction of sp³-hybridized carbons (Fsp3) is 0.522. The standard InChI is InChI=1S/C23H32N4O3S/c1-5-6-9-24-22-21(14-25-23(31)27-22)30-11-10-29-20-13-18(15(2)3)26-19-12-16(28-4)7-8-17(19)20/h7-8,13-15,19H,5-6,9-12H2,1-4H3,(H2,24,25,27,31). The van der Waals surface area contributed by atoms with Crippen molar-refractivity contribution in [2.75, 3.05) is 32.2 Å². The van der Waals surface area contributed by atoms with E-state index in [4.69, 9.17) is 19.2 Å². The van der Waals surface area contributed by atoms with E-state index < -0.39 is 0 Å². The molecule has 168 valence electrons. The van der Waals surface area contributed by atoms with Gasteiger partial charge in [0.25, 0.3) is 0 Å². The number of dihydropyridines is 1. The molecular weight excluding hydrogens is 412 g/mol. The van der Waals surface area contributed by atoms with Gasteiger partial charge in [-0.25, -0.2) is 9.97 Å². The highest BCUT2D eigenvalue weighted by molar-refractivity contribution is 7.80. The minimum absolute atomic E-state index is 0.0315. The van der Waals surface area contributed by atoms with Crippen molar-refractivity contribution >= 4 is 24.2 Å². The number of anilines is 1. The first-order chi connectivity index (χ1) is 15.0. The first kappa shape index (κ1) is 23.2. The zero-order valence-corrected chi connectivity index (χ0v) is 19.6. The van der Waals surface area contributed by atoms with E-state index in [0.717, 1.165) is 48.6 Å². The predicted molar refractivity (Wildman–Crippen MR) is 126 cm³/mol. The van der Waals surface area contributed by atoms with Gasteiger partial charge in [-0.1, -0.05) is 27.2 Å². The van der Waals surface area contributed by atoms with Crippen molar-refractivity contribution in [1.29, 1.82) is 0 Å². The predicted octanol–water partition coefficient (Wildman–Crippen LogP) is 4.60.